The van der Waals surface area contributed by atoms with Crippen LogP contribution in [-0.4, -0.2) is 11.1 Å². The Bertz CT molecular complexity index is 429. The lowest BCUT2D eigenvalue weighted by Crippen LogP contribution is -2.15. The number of carboxylic acids is 1. The van der Waals surface area contributed by atoms with Gasteiger partial charge in [-0.3, -0.25) is 0 Å². The first kappa shape index (κ1) is 13.5. The molecule has 0 fully saturated rings. The van der Waals surface area contributed by atoms with Crippen molar-refractivity contribution in [2.45, 2.75) is 11.5 Å². The van der Waals surface area contributed by atoms with Gasteiger partial charge < -0.3 is 5.11 Å². The van der Waals surface area contributed by atoms with Crippen LogP contribution in [0.25, 0.3) is 0 Å². The Kier molecular flexibility index (Phi) is 4.01. The minimum Gasteiger partial charge on any atom is -0.478 e. The molecular weight excluding hydrogens is 357 g/mol. The smallest absolute Gasteiger partial charge is 0.417 e. The van der Waals surface area contributed by atoms with Gasteiger partial charge in [0, 0.05) is 9.80 Å². The van der Waals surface area contributed by atoms with Crippen molar-refractivity contribution < 1.29 is 23.1 Å². The summed E-state index contributed by atoms with van der Waals surface area (Å²) in [5, 5.41) is 8.83. The maximum atomic E-state index is 12.6. The highest BCUT2D eigenvalue weighted by molar-refractivity contribution is 9.10. The maximum Gasteiger partial charge on any atom is 0.417 e. The third-order valence-electron chi connectivity index (χ3n) is 1.85. The van der Waals surface area contributed by atoms with Gasteiger partial charge in [-0.2, -0.15) is 13.2 Å². The highest BCUT2D eigenvalue weighted by Gasteiger charge is 2.36. The van der Waals surface area contributed by atoms with Crippen molar-refractivity contribution in [2.75, 3.05) is 0 Å². The Labute approximate surface area is 106 Å². The molecule has 1 aromatic carbocycles. The van der Waals surface area contributed by atoms with E-state index in [1.165, 1.54) is 6.07 Å². The summed E-state index contributed by atoms with van der Waals surface area (Å²) in [4.78, 5) is 10.8. The van der Waals surface area contributed by atoms with Crippen molar-refractivity contribution in [1.82, 2.24) is 0 Å². The molecule has 1 N–H and O–H groups in total. The summed E-state index contributed by atoms with van der Waals surface area (Å²) in [5.74, 6) is -1.59. The lowest BCUT2D eigenvalue weighted by Gasteiger charge is -2.13. The number of hydrogen-bond acceptors (Lipinski definition) is 1. The number of alkyl halides is 4. The summed E-state index contributed by atoms with van der Waals surface area (Å²) in [6.45, 7) is 0. The summed E-state index contributed by atoms with van der Waals surface area (Å²) < 4.78 is 38.0. The van der Waals surface area contributed by atoms with Crippen molar-refractivity contribution in [2.24, 2.45) is 0 Å². The van der Waals surface area contributed by atoms with Gasteiger partial charge in [-0.05, 0) is 17.7 Å². The topological polar surface area (TPSA) is 37.3 Å². The fourth-order valence-corrected chi connectivity index (χ4v) is 2.19. The molecule has 2 nitrogen and oxygen atoms in total. The molecule has 0 amide bonds. The van der Waals surface area contributed by atoms with E-state index in [0.717, 1.165) is 6.07 Å². The second kappa shape index (κ2) is 4.75. The van der Waals surface area contributed by atoms with Gasteiger partial charge in [0.05, 0.1) is 11.1 Å². The molecule has 0 aliphatic carbocycles. The van der Waals surface area contributed by atoms with Crippen LogP contribution in [0.3, 0.4) is 0 Å². The van der Waals surface area contributed by atoms with Crippen LogP contribution in [0.1, 0.15) is 21.5 Å². The minimum absolute atomic E-state index is 0.0388. The average molecular weight is 362 g/mol. The van der Waals surface area contributed by atoms with Crippen LogP contribution in [0, 0.1) is 0 Å². The van der Waals surface area contributed by atoms with Gasteiger partial charge in [-0.25, -0.2) is 4.79 Å². The molecule has 0 radical (unpaired) electrons. The first-order valence-electron chi connectivity index (χ1n) is 3.96. The Hall–Kier alpha value is -0.560. The predicted octanol–water partition coefficient (Wildman–Crippen LogP) is 4.06. The lowest BCUT2D eigenvalue weighted by molar-refractivity contribution is -0.138. The first-order valence-corrected chi connectivity index (χ1v) is 5.87. The van der Waals surface area contributed by atoms with E-state index in [4.69, 9.17) is 5.11 Å². The molecule has 1 aromatic rings. The molecule has 0 bridgehead atoms. The zero-order valence-corrected chi connectivity index (χ0v) is 10.8. The van der Waals surface area contributed by atoms with E-state index in [0.29, 0.717) is 0 Å². The molecular formula is C9H5Br2F3O2. The molecule has 1 rings (SSSR count). The molecule has 0 atom stereocenters. The summed E-state index contributed by atoms with van der Waals surface area (Å²) in [5.41, 5.74) is -1.79. The third kappa shape index (κ3) is 2.76. The second-order valence-electron chi connectivity index (χ2n) is 2.92. The molecule has 0 aliphatic heterocycles. The van der Waals surface area contributed by atoms with Gasteiger partial charge in [0.15, 0.2) is 0 Å². The fraction of sp³-hybridized carbons (Fsp3) is 0.222. The summed E-state index contributed by atoms with van der Waals surface area (Å²) in [7, 11) is 0. The highest BCUT2D eigenvalue weighted by atomic mass is 79.9. The summed E-state index contributed by atoms with van der Waals surface area (Å²) >= 11 is 5.88. The fourth-order valence-electron chi connectivity index (χ4n) is 1.24. The van der Waals surface area contributed by atoms with Crippen LogP contribution in [0.4, 0.5) is 13.2 Å². The maximum absolute atomic E-state index is 12.6. The first-order chi connectivity index (χ1) is 7.27. The van der Waals surface area contributed by atoms with Gasteiger partial charge in [0.1, 0.15) is 0 Å². The standard InChI is InChI=1S/C9H5Br2F3O2/c10-3-4-1-5(11)2-6(9(12,13)14)7(4)8(15)16/h1-2H,3H2,(H,15,16). The molecule has 0 aliphatic rings. The Morgan fingerprint density at radius 3 is 2.31 bits per heavy atom. The minimum atomic E-state index is -4.69. The molecule has 16 heavy (non-hydrogen) atoms. The number of carbonyl (C=O) groups is 1. The van der Waals surface area contributed by atoms with Crippen LogP contribution in [0.15, 0.2) is 16.6 Å². The predicted molar refractivity (Wildman–Crippen MR) is 58.7 cm³/mol. The monoisotopic (exact) mass is 360 g/mol. The quantitative estimate of drug-likeness (QED) is 0.806. The van der Waals surface area contributed by atoms with Crippen molar-refractivity contribution in [3.63, 3.8) is 0 Å². The average Bonchev–Trinajstić information content (AvgIpc) is 2.14. The van der Waals surface area contributed by atoms with Crippen LogP contribution in [0.2, 0.25) is 0 Å². The lowest BCUT2D eigenvalue weighted by atomic mass is 10.0. The number of hydrogen-bond donors (Lipinski definition) is 1. The van der Waals surface area contributed by atoms with Crippen molar-refractivity contribution in [3.05, 3.63) is 33.3 Å². The molecule has 0 spiro atoms. The highest BCUT2D eigenvalue weighted by Crippen LogP contribution is 2.36. The molecule has 88 valence electrons. The molecule has 0 saturated carbocycles. The van der Waals surface area contributed by atoms with Gasteiger partial charge in [-0.1, -0.05) is 31.9 Å². The van der Waals surface area contributed by atoms with Crippen molar-refractivity contribution in [1.29, 1.82) is 0 Å². The van der Waals surface area contributed by atoms with E-state index in [1.807, 2.05) is 0 Å². The second-order valence-corrected chi connectivity index (χ2v) is 4.40. The number of carboxylic acid groups (broad SMARTS) is 1. The Morgan fingerprint density at radius 2 is 1.94 bits per heavy atom. The van der Waals surface area contributed by atoms with E-state index in [9.17, 15) is 18.0 Å². The number of aromatic carboxylic acids is 1. The summed E-state index contributed by atoms with van der Waals surface area (Å²) in [6, 6.07) is 2.10. The van der Waals surface area contributed by atoms with Crippen LogP contribution in [-0.2, 0) is 11.5 Å². The summed E-state index contributed by atoms with van der Waals surface area (Å²) in [6.07, 6.45) is -4.69. The molecule has 0 heterocycles. The third-order valence-corrected chi connectivity index (χ3v) is 2.91. The van der Waals surface area contributed by atoms with Crippen molar-refractivity contribution in [3.8, 4) is 0 Å². The molecule has 0 aromatic heterocycles. The molecule has 0 saturated heterocycles. The van der Waals surface area contributed by atoms with E-state index >= 15 is 0 Å². The van der Waals surface area contributed by atoms with Crippen LogP contribution >= 0.6 is 31.9 Å². The van der Waals surface area contributed by atoms with Crippen LogP contribution < -0.4 is 0 Å². The zero-order valence-electron chi connectivity index (χ0n) is 7.61. The van der Waals surface area contributed by atoms with E-state index < -0.39 is 23.3 Å². The molecule has 0 unspecified atom stereocenters. The molecule has 7 heteroatoms. The Balaban J connectivity index is 3.57. The Morgan fingerprint density at radius 1 is 1.38 bits per heavy atom. The van der Waals surface area contributed by atoms with E-state index in [-0.39, 0.29) is 15.4 Å². The largest absolute Gasteiger partial charge is 0.478 e. The SMILES string of the molecule is O=C(O)c1c(CBr)cc(Br)cc1C(F)(F)F. The van der Waals surface area contributed by atoms with Gasteiger partial charge in [-0.15, -0.1) is 0 Å². The number of benzene rings is 1. The zero-order chi connectivity index (χ0) is 12.5. The van der Waals surface area contributed by atoms with Crippen molar-refractivity contribution >= 4 is 37.8 Å². The normalized spacial score (nSPS) is 11.6. The van der Waals surface area contributed by atoms with E-state index in [2.05, 4.69) is 31.9 Å². The van der Waals surface area contributed by atoms with Gasteiger partial charge in [0.25, 0.3) is 0 Å². The number of halogens is 5. The van der Waals surface area contributed by atoms with E-state index in [1.54, 1.807) is 0 Å². The van der Waals surface area contributed by atoms with Crippen LogP contribution in [0.5, 0.6) is 0 Å². The number of rotatable bonds is 2. The van der Waals surface area contributed by atoms with Gasteiger partial charge in [0.2, 0.25) is 0 Å². The van der Waals surface area contributed by atoms with Gasteiger partial charge >= 0.3 is 12.1 Å².